The molecule has 29 heavy (non-hydrogen) atoms. The van der Waals surface area contributed by atoms with E-state index >= 15 is 0 Å². The molecule has 1 aliphatic carbocycles. The summed E-state index contributed by atoms with van der Waals surface area (Å²) >= 11 is 1.55. The Morgan fingerprint density at radius 3 is 2.62 bits per heavy atom. The zero-order valence-corrected chi connectivity index (χ0v) is 17.9. The number of fused-ring (bicyclic) bond motifs is 1. The molecule has 0 radical (unpaired) electrons. The Kier molecular flexibility index (Phi) is 5.19. The summed E-state index contributed by atoms with van der Waals surface area (Å²) in [4.78, 5) is 40.1. The quantitative estimate of drug-likeness (QED) is 0.515. The summed E-state index contributed by atoms with van der Waals surface area (Å²) in [6.07, 6.45) is 3.26. The second kappa shape index (κ2) is 7.28. The van der Waals surface area contributed by atoms with E-state index in [0.717, 1.165) is 30.7 Å². The molecule has 4 aliphatic rings. The lowest BCUT2D eigenvalue weighted by Gasteiger charge is -2.44. The Balaban J connectivity index is 1.42. The number of carbonyl (C=O) groups excluding carboxylic acids is 2. The zero-order valence-electron chi connectivity index (χ0n) is 17.1. The number of aliphatic hydroxyl groups excluding tert-OH is 1. The van der Waals surface area contributed by atoms with Crippen molar-refractivity contribution in [2.45, 2.75) is 62.5 Å². The van der Waals surface area contributed by atoms with Gasteiger partial charge in [-0.05, 0) is 31.6 Å². The monoisotopic (exact) mass is 423 g/mol. The molecule has 0 unspecified atom stereocenters. The zero-order chi connectivity index (χ0) is 21.1. The standard InChI is InChI=1S/C20H29N3O5S/c1-10(24)16-12-7-13(17(19(27)28)23(12)18(16)26)29-11-6-14(21-9-11)20(4-5-20)8-15(25)22(2)3/h10-12,14,16,21,24H,4-9H2,1-3H3,(H,27,28)/t10-,11+,12-,14+,16-/m1/s1. The third-order valence-corrected chi connectivity index (χ3v) is 8.26. The number of carbonyl (C=O) groups is 3. The smallest absolute Gasteiger partial charge is 0.353 e. The summed E-state index contributed by atoms with van der Waals surface area (Å²) in [6.45, 7) is 2.35. The summed E-state index contributed by atoms with van der Waals surface area (Å²) in [6, 6.07) is 0.0248. The highest BCUT2D eigenvalue weighted by atomic mass is 32.2. The molecule has 0 spiro atoms. The Bertz CT molecular complexity index is 776. The van der Waals surface area contributed by atoms with E-state index < -0.39 is 18.0 Å². The first kappa shape index (κ1) is 20.7. The number of hydrogen-bond acceptors (Lipinski definition) is 6. The minimum Gasteiger partial charge on any atom is -0.477 e. The average molecular weight is 424 g/mol. The van der Waals surface area contributed by atoms with Crippen LogP contribution in [-0.2, 0) is 14.4 Å². The molecule has 1 saturated carbocycles. The number of hydrogen-bond donors (Lipinski definition) is 3. The maximum Gasteiger partial charge on any atom is 0.353 e. The first-order valence-electron chi connectivity index (χ1n) is 10.2. The number of carboxylic acids is 1. The summed E-state index contributed by atoms with van der Waals surface area (Å²) in [7, 11) is 3.56. The molecule has 0 bridgehead atoms. The SMILES string of the molecule is C[C@@H](O)[C@H]1C(=O)N2C(C(=O)O)=C(S[C@@H]3CN[C@H](C4(CC(=O)N(C)C)CC4)C3)C[C@H]12. The second-order valence-corrected chi connectivity index (χ2v) is 10.5. The summed E-state index contributed by atoms with van der Waals surface area (Å²) in [5, 5.41) is 23.3. The van der Waals surface area contributed by atoms with Gasteiger partial charge in [-0.25, -0.2) is 4.79 Å². The van der Waals surface area contributed by atoms with Crippen molar-refractivity contribution >= 4 is 29.5 Å². The lowest BCUT2D eigenvalue weighted by Crippen LogP contribution is -2.61. The lowest BCUT2D eigenvalue weighted by molar-refractivity contribution is -0.161. The van der Waals surface area contributed by atoms with Crippen molar-refractivity contribution in [1.29, 1.82) is 0 Å². The third kappa shape index (κ3) is 3.47. The predicted octanol–water partition coefficient (Wildman–Crippen LogP) is 0.616. The van der Waals surface area contributed by atoms with Gasteiger partial charge < -0.3 is 25.3 Å². The van der Waals surface area contributed by atoms with Crippen LogP contribution in [0.1, 0.15) is 39.0 Å². The minimum atomic E-state index is -1.08. The van der Waals surface area contributed by atoms with Crippen LogP contribution in [-0.4, -0.2) is 81.9 Å². The van der Waals surface area contributed by atoms with E-state index in [2.05, 4.69) is 5.32 Å². The summed E-state index contributed by atoms with van der Waals surface area (Å²) in [5.41, 5.74) is 0.126. The van der Waals surface area contributed by atoms with Gasteiger partial charge in [-0.1, -0.05) is 0 Å². The number of thioether (sulfide) groups is 1. The fourth-order valence-electron chi connectivity index (χ4n) is 5.07. The van der Waals surface area contributed by atoms with Crippen molar-refractivity contribution in [3.8, 4) is 0 Å². The number of amides is 2. The molecule has 8 nitrogen and oxygen atoms in total. The van der Waals surface area contributed by atoms with Gasteiger partial charge in [0.1, 0.15) is 5.70 Å². The number of carboxylic acid groups (broad SMARTS) is 1. The minimum absolute atomic E-state index is 0.0340. The van der Waals surface area contributed by atoms with E-state index in [1.54, 1.807) is 37.7 Å². The van der Waals surface area contributed by atoms with Crippen molar-refractivity contribution < 1.29 is 24.6 Å². The maximum absolute atomic E-state index is 12.3. The van der Waals surface area contributed by atoms with E-state index in [-0.39, 0.29) is 40.3 Å². The molecule has 2 amide bonds. The molecule has 3 aliphatic heterocycles. The first-order valence-corrected chi connectivity index (χ1v) is 11.1. The van der Waals surface area contributed by atoms with Crippen LogP contribution in [0.2, 0.25) is 0 Å². The highest BCUT2D eigenvalue weighted by Gasteiger charge is 2.57. The van der Waals surface area contributed by atoms with Crippen LogP contribution in [0, 0.1) is 11.3 Å². The number of nitrogens with zero attached hydrogens (tertiary/aromatic N) is 2. The van der Waals surface area contributed by atoms with Gasteiger partial charge in [0.2, 0.25) is 11.8 Å². The molecule has 0 aromatic rings. The van der Waals surface area contributed by atoms with Crippen molar-refractivity contribution in [1.82, 2.24) is 15.1 Å². The van der Waals surface area contributed by atoms with Crippen molar-refractivity contribution in [3.05, 3.63) is 10.6 Å². The van der Waals surface area contributed by atoms with Crippen LogP contribution in [0.25, 0.3) is 0 Å². The van der Waals surface area contributed by atoms with E-state index in [9.17, 15) is 24.6 Å². The Morgan fingerprint density at radius 2 is 2.07 bits per heavy atom. The topological polar surface area (TPSA) is 110 Å². The molecule has 3 heterocycles. The molecule has 2 saturated heterocycles. The molecule has 0 aromatic carbocycles. The Labute approximate surface area is 174 Å². The number of aliphatic carboxylic acids is 1. The van der Waals surface area contributed by atoms with Crippen LogP contribution in [0.5, 0.6) is 0 Å². The second-order valence-electron chi connectivity index (χ2n) is 9.09. The first-order chi connectivity index (χ1) is 13.6. The summed E-state index contributed by atoms with van der Waals surface area (Å²) in [5.74, 6) is -1.73. The van der Waals surface area contributed by atoms with Crippen LogP contribution in [0.4, 0.5) is 0 Å². The molecule has 9 heteroatoms. The van der Waals surface area contributed by atoms with Crippen LogP contribution < -0.4 is 5.32 Å². The largest absolute Gasteiger partial charge is 0.477 e. The highest BCUT2D eigenvalue weighted by Crippen LogP contribution is 2.55. The van der Waals surface area contributed by atoms with Gasteiger partial charge in [0.05, 0.1) is 18.1 Å². The molecule has 3 N–H and O–H groups in total. The van der Waals surface area contributed by atoms with Gasteiger partial charge in [0.25, 0.3) is 0 Å². The van der Waals surface area contributed by atoms with Gasteiger partial charge in [-0.3, -0.25) is 9.59 Å². The molecule has 5 atom stereocenters. The maximum atomic E-state index is 12.3. The molecule has 0 aromatic heterocycles. The van der Waals surface area contributed by atoms with Gasteiger partial charge in [-0.2, -0.15) is 0 Å². The van der Waals surface area contributed by atoms with Crippen LogP contribution >= 0.6 is 11.8 Å². The number of β-lactam (4-membered cyclic amide) rings is 1. The van der Waals surface area contributed by atoms with E-state index in [0.29, 0.717) is 12.8 Å². The molecular formula is C20H29N3O5S. The van der Waals surface area contributed by atoms with Crippen molar-refractivity contribution in [2.24, 2.45) is 11.3 Å². The van der Waals surface area contributed by atoms with Crippen LogP contribution in [0.15, 0.2) is 10.6 Å². The van der Waals surface area contributed by atoms with Gasteiger partial charge >= 0.3 is 5.97 Å². The van der Waals surface area contributed by atoms with Gasteiger partial charge in [0, 0.05) is 49.7 Å². The van der Waals surface area contributed by atoms with Gasteiger partial charge in [0.15, 0.2) is 0 Å². The molecule has 4 rings (SSSR count). The molecular weight excluding hydrogens is 394 g/mol. The molecule has 160 valence electrons. The fourth-order valence-corrected chi connectivity index (χ4v) is 6.50. The van der Waals surface area contributed by atoms with Crippen molar-refractivity contribution in [3.63, 3.8) is 0 Å². The Morgan fingerprint density at radius 1 is 1.38 bits per heavy atom. The third-order valence-electron chi connectivity index (χ3n) is 6.92. The molecule has 3 fully saturated rings. The van der Waals surface area contributed by atoms with Gasteiger partial charge in [-0.15, -0.1) is 11.8 Å². The number of rotatable bonds is 7. The highest BCUT2D eigenvalue weighted by molar-refractivity contribution is 8.03. The predicted molar refractivity (Wildman–Crippen MR) is 108 cm³/mol. The van der Waals surface area contributed by atoms with E-state index in [1.165, 1.54) is 4.90 Å². The normalized spacial score (nSPS) is 33.4. The van der Waals surface area contributed by atoms with E-state index in [1.807, 2.05) is 0 Å². The average Bonchev–Trinajstić information content (AvgIpc) is 3.12. The number of aliphatic hydroxyl groups is 1. The fraction of sp³-hybridized carbons (Fsp3) is 0.750. The lowest BCUT2D eigenvalue weighted by atomic mass is 9.83. The van der Waals surface area contributed by atoms with Crippen molar-refractivity contribution in [2.75, 3.05) is 20.6 Å². The van der Waals surface area contributed by atoms with Crippen LogP contribution in [0.3, 0.4) is 0 Å². The van der Waals surface area contributed by atoms with E-state index in [4.69, 9.17) is 0 Å². The summed E-state index contributed by atoms with van der Waals surface area (Å²) < 4.78 is 0. The number of nitrogens with one attached hydrogen (secondary N) is 1. The Hall–Kier alpha value is -1.58.